The van der Waals surface area contributed by atoms with Gasteiger partial charge < -0.3 is 14.6 Å². The predicted molar refractivity (Wildman–Crippen MR) is 60.6 cm³/mol. The summed E-state index contributed by atoms with van der Waals surface area (Å²) in [5.41, 5.74) is 0.891. The predicted octanol–water partition coefficient (Wildman–Crippen LogP) is 2.02. The highest BCUT2D eigenvalue weighted by atomic mass is 79.9. The number of halogens is 1. The fourth-order valence-electron chi connectivity index (χ4n) is 1.61. The summed E-state index contributed by atoms with van der Waals surface area (Å²) in [5, 5.41) is 9.47. The van der Waals surface area contributed by atoms with Crippen LogP contribution in [0.1, 0.15) is 12.5 Å². The zero-order chi connectivity index (χ0) is 11.7. The maximum Gasteiger partial charge on any atom is 0.347 e. The quantitative estimate of drug-likeness (QED) is 0.845. The Morgan fingerprint density at radius 2 is 2.44 bits per heavy atom. The molecule has 1 aromatic carbocycles. The van der Waals surface area contributed by atoms with E-state index in [1.165, 1.54) is 6.07 Å². The average Bonchev–Trinajstić information content (AvgIpc) is 2.62. The first-order valence-electron chi connectivity index (χ1n) is 4.96. The minimum absolute atomic E-state index is 0.100. The van der Waals surface area contributed by atoms with E-state index >= 15 is 0 Å². The fraction of sp³-hybridized carbons (Fsp3) is 0.364. The van der Waals surface area contributed by atoms with Crippen molar-refractivity contribution in [1.29, 1.82) is 0 Å². The number of aromatic hydroxyl groups is 1. The maximum atomic E-state index is 11.5. The van der Waals surface area contributed by atoms with E-state index in [2.05, 4.69) is 15.9 Å². The number of esters is 1. The summed E-state index contributed by atoms with van der Waals surface area (Å²) in [5.74, 6) is 0.274. The Morgan fingerprint density at radius 1 is 1.69 bits per heavy atom. The SMILES string of the molecule is CCOC(=O)C1Cc2cc(Br)c(O)cc2O1. The van der Waals surface area contributed by atoms with Gasteiger partial charge in [0.25, 0.3) is 0 Å². The van der Waals surface area contributed by atoms with Gasteiger partial charge in [-0.1, -0.05) is 0 Å². The summed E-state index contributed by atoms with van der Waals surface area (Å²) >= 11 is 3.21. The molecule has 0 aliphatic carbocycles. The minimum Gasteiger partial charge on any atom is -0.507 e. The normalized spacial score (nSPS) is 17.8. The first-order valence-corrected chi connectivity index (χ1v) is 5.75. The van der Waals surface area contributed by atoms with Gasteiger partial charge in [-0.25, -0.2) is 4.79 Å². The third-order valence-electron chi connectivity index (χ3n) is 2.35. The molecular weight excluding hydrogens is 276 g/mol. The van der Waals surface area contributed by atoms with Crippen LogP contribution < -0.4 is 4.74 Å². The third kappa shape index (κ3) is 2.00. The van der Waals surface area contributed by atoms with Crippen molar-refractivity contribution < 1.29 is 19.4 Å². The van der Waals surface area contributed by atoms with Crippen molar-refractivity contribution >= 4 is 21.9 Å². The summed E-state index contributed by atoms with van der Waals surface area (Å²) in [6.07, 6.45) is -0.115. The lowest BCUT2D eigenvalue weighted by Gasteiger charge is -2.08. The molecule has 0 saturated heterocycles. The molecule has 0 fully saturated rings. The first-order chi connectivity index (χ1) is 7.61. The van der Waals surface area contributed by atoms with Crippen LogP contribution in [0.2, 0.25) is 0 Å². The highest BCUT2D eigenvalue weighted by Crippen LogP contribution is 2.37. The van der Waals surface area contributed by atoms with E-state index in [-0.39, 0.29) is 11.7 Å². The number of rotatable bonds is 2. The molecule has 16 heavy (non-hydrogen) atoms. The second-order valence-corrected chi connectivity index (χ2v) is 4.33. The van der Waals surface area contributed by atoms with E-state index < -0.39 is 6.10 Å². The number of hydrogen-bond donors (Lipinski definition) is 1. The Bertz CT molecular complexity index is 399. The lowest BCUT2D eigenvalue weighted by Crippen LogP contribution is -2.27. The summed E-state index contributed by atoms with van der Waals surface area (Å²) in [6.45, 7) is 2.09. The maximum absolute atomic E-state index is 11.5. The molecule has 0 aromatic heterocycles. The number of fused-ring (bicyclic) bond motifs is 1. The second-order valence-electron chi connectivity index (χ2n) is 3.47. The van der Waals surface area contributed by atoms with Crippen molar-refractivity contribution in [3.63, 3.8) is 0 Å². The number of carbonyl (C=O) groups is 1. The van der Waals surface area contributed by atoms with Gasteiger partial charge in [-0.3, -0.25) is 0 Å². The van der Waals surface area contributed by atoms with Crippen LogP contribution in [0.3, 0.4) is 0 Å². The van der Waals surface area contributed by atoms with E-state index in [1.54, 1.807) is 13.0 Å². The molecule has 0 amide bonds. The monoisotopic (exact) mass is 286 g/mol. The Balaban J connectivity index is 2.18. The van der Waals surface area contributed by atoms with Crippen LogP contribution in [0.25, 0.3) is 0 Å². The van der Waals surface area contributed by atoms with Crippen LogP contribution in [0, 0.1) is 0 Å². The molecule has 0 bridgehead atoms. The molecule has 1 N–H and O–H groups in total. The van der Waals surface area contributed by atoms with Crippen molar-refractivity contribution in [3.05, 3.63) is 22.2 Å². The smallest absolute Gasteiger partial charge is 0.347 e. The van der Waals surface area contributed by atoms with Gasteiger partial charge in [-0.05, 0) is 34.5 Å². The van der Waals surface area contributed by atoms with Crippen molar-refractivity contribution in [2.24, 2.45) is 0 Å². The van der Waals surface area contributed by atoms with Crippen molar-refractivity contribution in [1.82, 2.24) is 0 Å². The van der Waals surface area contributed by atoms with Crippen LogP contribution in [-0.4, -0.2) is 23.8 Å². The summed E-state index contributed by atoms with van der Waals surface area (Å²) in [7, 11) is 0. The van der Waals surface area contributed by atoms with Gasteiger partial charge in [-0.2, -0.15) is 0 Å². The highest BCUT2D eigenvalue weighted by molar-refractivity contribution is 9.10. The summed E-state index contributed by atoms with van der Waals surface area (Å²) < 4.78 is 10.9. The van der Waals surface area contributed by atoms with Crippen LogP contribution in [0.5, 0.6) is 11.5 Å². The lowest BCUT2D eigenvalue weighted by molar-refractivity contribution is -0.150. The molecule has 2 rings (SSSR count). The molecule has 1 aliphatic heterocycles. The van der Waals surface area contributed by atoms with E-state index in [9.17, 15) is 9.90 Å². The Hall–Kier alpha value is -1.23. The van der Waals surface area contributed by atoms with E-state index in [0.29, 0.717) is 23.2 Å². The van der Waals surface area contributed by atoms with Crippen LogP contribution in [-0.2, 0) is 16.0 Å². The average molecular weight is 287 g/mol. The van der Waals surface area contributed by atoms with Gasteiger partial charge in [0.15, 0.2) is 6.10 Å². The zero-order valence-electron chi connectivity index (χ0n) is 8.70. The van der Waals surface area contributed by atoms with Gasteiger partial charge in [0.1, 0.15) is 11.5 Å². The van der Waals surface area contributed by atoms with E-state index in [1.807, 2.05) is 0 Å². The molecule has 4 nitrogen and oxygen atoms in total. The molecular formula is C11H11BrO4. The minimum atomic E-state index is -0.594. The van der Waals surface area contributed by atoms with E-state index in [0.717, 1.165) is 5.56 Å². The molecule has 1 heterocycles. The van der Waals surface area contributed by atoms with E-state index in [4.69, 9.17) is 9.47 Å². The number of ether oxygens (including phenoxy) is 2. The summed E-state index contributed by atoms with van der Waals surface area (Å²) in [6, 6.07) is 3.25. The van der Waals surface area contributed by atoms with Crippen molar-refractivity contribution in [2.75, 3.05) is 6.61 Å². The number of carbonyl (C=O) groups excluding carboxylic acids is 1. The van der Waals surface area contributed by atoms with Crippen LogP contribution in [0.4, 0.5) is 0 Å². The molecule has 1 atom stereocenters. The largest absolute Gasteiger partial charge is 0.507 e. The van der Waals surface area contributed by atoms with Gasteiger partial charge in [0.2, 0.25) is 0 Å². The molecule has 0 radical (unpaired) electrons. The molecule has 1 aliphatic rings. The van der Waals surface area contributed by atoms with Gasteiger partial charge >= 0.3 is 5.97 Å². The molecule has 1 unspecified atom stereocenters. The number of phenolic OH excluding ortho intramolecular Hbond substituents is 1. The second kappa shape index (κ2) is 4.33. The third-order valence-corrected chi connectivity index (χ3v) is 2.99. The molecule has 0 saturated carbocycles. The molecule has 0 spiro atoms. The van der Waals surface area contributed by atoms with Gasteiger partial charge in [-0.15, -0.1) is 0 Å². The number of phenols is 1. The number of benzene rings is 1. The molecule has 86 valence electrons. The molecule has 1 aromatic rings. The topological polar surface area (TPSA) is 55.8 Å². The highest BCUT2D eigenvalue weighted by Gasteiger charge is 2.30. The van der Waals surface area contributed by atoms with Crippen molar-refractivity contribution in [2.45, 2.75) is 19.4 Å². The fourth-order valence-corrected chi connectivity index (χ4v) is 2.01. The Morgan fingerprint density at radius 3 is 3.12 bits per heavy atom. The van der Waals surface area contributed by atoms with Crippen molar-refractivity contribution in [3.8, 4) is 11.5 Å². The van der Waals surface area contributed by atoms with Gasteiger partial charge in [0, 0.05) is 12.5 Å². The molecule has 5 heteroatoms. The number of hydrogen-bond acceptors (Lipinski definition) is 4. The Labute approximate surface area is 101 Å². The van der Waals surface area contributed by atoms with Gasteiger partial charge in [0.05, 0.1) is 11.1 Å². The lowest BCUT2D eigenvalue weighted by atomic mass is 10.1. The zero-order valence-corrected chi connectivity index (χ0v) is 10.3. The Kier molecular flexibility index (Phi) is 3.05. The standard InChI is InChI=1S/C11H11BrO4/c1-2-15-11(14)10-4-6-3-7(12)8(13)5-9(6)16-10/h3,5,10,13H,2,4H2,1H3. The van der Waals surface area contributed by atoms with Crippen LogP contribution in [0.15, 0.2) is 16.6 Å². The summed E-state index contributed by atoms with van der Waals surface area (Å²) in [4.78, 5) is 11.5. The van der Waals surface area contributed by atoms with Crippen LogP contribution >= 0.6 is 15.9 Å². The first kappa shape index (κ1) is 11.3.